The SMILES string of the molecule is CC(C)c1[nH]ncc1CN1CCN(Cc2ccccc2Br)CC1. The minimum absolute atomic E-state index is 0.504. The second-order valence-electron chi connectivity index (χ2n) is 6.61. The van der Waals surface area contributed by atoms with Crippen LogP contribution in [0, 0.1) is 0 Å². The summed E-state index contributed by atoms with van der Waals surface area (Å²) in [6.45, 7) is 10.9. The summed E-state index contributed by atoms with van der Waals surface area (Å²) in [5.41, 5.74) is 4.00. The summed E-state index contributed by atoms with van der Waals surface area (Å²) in [5.74, 6) is 0.504. The van der Waals surface area contributed by atoms with E-state index >= 15 is 0 Å². The molecular weight excluding hydrogens is 352 g/mol. The van der Waals surface area contributed by atoms with Crippen molar-refractivity contribution in [2.24, 2.45) is 0 Å². The molecule has 1 saturated heterocycles. The Hall–Kier alpha value is -1.17. The summed E-state index contributed by atoms with van der Waals surface area (Å²) in [7, 11) is 0. The number of halogens is 1. The zero-order valence-corrected chi connectivity index (χ0v) is 15.5. The quantitative estimate of drug-likeness (QED) is 0.865. The zero-order valence-electron chi connectivity index (χ0n) is 13.9. The van der Waals surface area contributed by atoms with E-state index in [2.05, 4.69) is 74.0 Å². The molecule has 1 aliphatic rings. The third kappa shape index (κ3) is 4.22. The molecule has 3 rings (SSSR count). The Morgan fingerprint density at radius 2 is 1.65 bits per heavy atom. The van der Waals surface area contributed by atoms with Gasteiger partial charge in [0.1, 0.15) is 0 Å². The number of rotatable bonds is 5. The van der Waals surface area contributed by atoms with Crippen LogP contribution in [0.3, 0.4) is 0 Å². The molecule has 5 heteroatoms. The predicted molar refractivity (Wildman–Crippen MR) is 97.4 cm³/mol. The van der Waals surface area contributed by atoms with Crippen molar-refractivity contribution in [2.75, 3.05) is 26.2 Å². The highest BCUT2D eigenvalue weighted by Crippen LogP contribution is 2.20. The van der Waals surface area contributed by atoms with Crippen LogP contribution in [0.4, 0.5) is 0 Å². The molecule has 0 aliphatic carbocycles. The first-order chi connectivity index (χ1) is 11.1. The summed E-state index contributed by atoms with van der Waals surface area (Å²) in [6.07, 6.45) is 1.99. The molecule has 0 amide bonds. The van der Waals surface area contributed by atoms with Gasteiger partial charge in [-0.3, -0.25) is 14.9 Å². The van der Waals surface area contributed by atoms with Crippen LogP contribution < -0.4 is 0 Å². The van der Waals surface area contributed by atoms with E-state index in [1.54, 1.807) is 0 Å². The van der Waals surface area contributed by atoms with Crippen LogP contribution in [0.15, 0.2) is 34.9 Å². The largest absolute Gasteiger partial charge is 0.297 e. The van der Waals surface area contributed by atoms with Gasteiger partial charge in [-0.05, 0) is 17.5 Å². The van der Waals surface area contributed by atoms with Crippen LogP contribution in [0.5, 0.6) is 0 Å². The standard InChI is InChI=1S/C18H25BrN4/c1-14(2)18-16(11-20-21-18)13-23-9-7-22(8-10-23)12-15-5-3-4-6-17(15)19/h3-6,11,14H,7-10,12-13H2,1-2H3,(H,20,21). The van der Waals surface area contributed by atoms with Crippen molar-refractivity contribution in [2.45, 2.75) is 32.9 Å². The highest BCUT2D eigenvalue weighted by atomic mass is 79.9. The number of hydrogen-bond donors (Lipinski definition) is 1. The Labute approximate surface area is 147 Å². The Bertz CT molecular complexity index is 629. The number of H-pyrrole nitrogens is 1. The van der Waals surface area contributed by atoms with Crippen molar-refractivity contribution in [1.82, 2.24) is 20.0 Å². The fourth-order valence-electron chi connectivity index (χ4n) is 3.16. The third-order valence-corrected chi connectivity index (χ3v) is 5.31. The molecule has 1 fully saturated rings. The minimum Gasteiger partial charge on any atom is -0.297 e. The summed E-state index contributed by atoms with van der Waals surface area (Å²) in [6, 6.07) is 8.51. The van der Waals surface area contributed by atoms with E-state index in [1.807, 2.05) is 6.20 Å². The summed E-state index contributed by atoms with van der Waals surface area (Å²) < 4.78 is 1.21. The van der Waals surface area contributed by atoms with Crippen molar-refractivity contribution in [3.63, 3.8) is 0 Å². The average Bonchev–Trinajstić information content (AvgIpc) is 3.00. The number of aromatic amines is 1. The van der Waals surface area contributed by atoms with Crippen molar-refractivity contribution in [3.05, 3.63) is 51.8 Å². The van der Waals surface area contributed by atoms with Crippen molar-refractivity contribution < 1.29 is 0 Å². The molecule has 0 atom stereocenters. The van der Waals surface area contributed by atoms with Crippen LogP contribution in [-0.4, -0.2) is 46.2 Å². The first-order valence-corrected chi connectivity index (χ1v) is 9.13. The Balaban J connectivity index is 1.52. The second-order valence-corrected chi connectivity index (χ2v) is 7.46. The zero-order chi connectivity index (χ0) is 16.2. The van der Waals surface area contributed by atoms with Gasteiger partial charge in [0.15, 0.2) is 0 Å². The maximum Gasteiger partial charge on any atom is 0.0535 e. The third-order valence-electron chi connectivity index (χ3n) is 4.54. The van der Waals surface area contributed by atoms with Crippen LogP contribution in [0.2, 0.25) is 0 Å². The number of hydrogen-bond acceptors (Lipinski definition) is 3. The van der Waals surface area contributed by atoms with Gasteiger partial charge in [-0.1, -0.05) is 48.0 Å². The van der Waals surface area contributed by atoms with Crippen molar-refractivity contribution >= 4 is 15.9 Å². The van der Waals surface area contributed by atoms with E-state index in [0.29, 0.717) is 5.92 Å². The molecule has 4 nitrogen and oxygen atoms in total. The molecule has 0 unspecified atom stereocenters. The topological polar surface area (TPSA) is 35.2 Å². The van der Waals surface area contributed by atoms with Gasteiger partial charge in [-0.2, -0.15) is 5.10 Å². The van der Waals surface area contributed by atoms with Gasteiger partial charge in [0.25, 0.3) is 0 Å². The molecular formula is C18H25BrN4. The Morgan fingerprint density at radius 1 is 1.04 bits per heavy atom. The van der Waals surface area contributed by atoms with Crippen LogP contribution in [-0.2, 0) is 13.1 Å². The highest BCUT2D eigenvalue weighted by molar-refractivity contribution is 9.10. The lowest BCUT2D eigenvalue weighted by molar-refractivity contribution is 0.121. The van der Waals surface area contributed by atoms with Gasteiger partial charge >= 0.3 is 0 Å². The van der Waals surface area contributed by atoms with E-state index in [1.165, 1.54) is 21.3 Å². The molecule has 1 aromatic heterocycles. The molecule has 23 heavy (non-hydrogen) atoms. The Kier molecular flexibility index (Phi) is 5.51. The maximum atomic E-state index is 4.22. The molecule has 2 heterocycles. The number of benzene rings is 1. The first-order valence-electron chi connectivity index (χ1n) is 8.33. The predicted octanol–water partition coefficient (Wildman–Crippen LogP) is 3.61. The summed E-state index contributed by atoms with van der Waals surface area (Å²) >= 11 is 3.65. The molecule has 1 aliphatic heterocycles. The average molecular weight is 377 g/mol. The second kappa shape index (κ2) is 7.60. The van der Waals surface area contributed by atoms with Gasteiger partial charge in [0, 0.05) is 55.0 Å². The molecule has 0 bridgehead atoms. The van der Waals surface area contributed by atoms with Gasteiger partial charge in [0.2, 0.25) is 0 Å². The molecule has 1 aromatic carbocycles. The van der Waals surface area contributed by atoms with Gasteiger partial charge < -0.3 is 0 Å². The van der Waals surface area contributed by atoms with Gasteiger partial charge in [-0.25, -0.2) is 0 Å². The molecule has 0 spiro atoms. The van der Waals surface area contributed by atoms with Crippen molar-refractivity contribution in [1.29, 1.82) is 0 Å². The van der Waals surface area contributed by atoms with E-state index in [-0.39, 0.29) is 0 Å². The van der Waals surface area contributed by atoms with E-state index < -0.39 is 0 Å². The molecule has 2 aromatic rings. The number of nitrogens with zero attached hydrogens (tertiary/aromatic N) is 3. The van der Waals surface area contributed by atoms with Gasteiger partial charge in [0.05, 0.1) is 6.20 Å². The summed E-state index contributed by atoms with van der Waals surface area (Å²) in [4.78, 5) is 5.07. The molecule has 124 valence electrons. The molecule has 0 saturated carbocycles. The fraction of sp³-hybridized carbons (Fsp3) is 0.500. The fourth-order valence-corrected chi connectivity index (χ4v) is 3.57. The van der Waals surface area contributed by atoms with Gasteiger partial charge in [-0.15, -0.1) is 0 Å². The lowest BCUT2D eigenvalue weighted by Crippen LogP contribution is -2.45. The van der Waals surface area contributed by atoms with Crippen LogP contribution in [0.1, 0.15) is 36.6 Å². The smallest absolute Gasteiger partial charge is 0.0535 e. The van der Waals surface area contributed by atoms with Crippen LogP contribution in [0.25, 0.3) is 0 Å². The number of piperazine rings is 1. The van der Waals surface area contributed by atoms with Crippen molar-refractivity contribution in [3.8, 4) is 0 Å². The lowest BCUT2D eigenvalue weighted by atomic mass is 10.1. The molecule has 0 radical (unpaired) electrons. The molecule has 1 N–H and O–H groups in total. The first kappa shape index (κ1) is 16.7. The highest BCUT2D eigenvalue weighted by Gasteiger charge is 2.19. The maximum absolute atomic E-state index is 4.22. The minimum atomic E-state index is 0.504. The Morgan fingerprint density at radius 3 is 2.26 bits per heavy atom. The van der Waals surface area contributed by atoms with E-state index in [9.17, 15) is 0 Å². The summed E-state index contributed by atoms with van der Waals surface area (Å²) in [5, 5.41) is 7.37. The van der Waals surface area contributed by atoms with E-state index in [0.717, 1.165) is 39.3 Å². The number of aromatic nitrogens is 2. The number of nitrogens with one attached hydrogen (secondary N) is 1. The monoisotopic (exact) mass is 376 g/mol. The normalized spacial score (nSPS) is 17.0. The van der Waals surface area contributed by atoms with E-state index in [4.69, 9.17) is 0 Å². The van der Waals surface area contributed by atoms with Crippen LogP contribution >= 0.6 is 15.9 Å². The lowest BCUT2D eigenvalue weighted by Gasteiger charge is -2.35.